The lowest BCUT2D eigenvalue weighted by molar-refractivity contribution is 0.434. The second-order valence-corrected chi connectivity index (χ2v) is 7.05. The molecule has 0 aromatic heterocycles. The molecule has 0 radical (unpaired) electrons. The van der Waals surface area contributed by atoms with Crippen LogP contribution in [-0.4, -0.2) is 21.0 Å². The fourth-order valence-electron chi connectivity index (χ4n) is 1.92. The number of sulfonamides is 1. The Morgan fingerprint density at radius 3 is 2.30 bits per heavy atom. The minimum Gasteiger partial charge on any atom is -0.330 e. The fourth-order valence-corrected chi connectivity index (χ4v) is 3.28. The van der Waals surface area contributed by atoms with Gasteiger partial charge in [-0.25, -0.2) is 13.1 Å². The maximum atomic E-state index is 12.3. The number of benzene rings is 1. The van der Waals surface area contributed by atoms with E-state index in [1.807, 2.05) is 26.0 Å². The second-order valence-electron chi connectivity index (χ2n) is 5.33. The van der Waals surface area contributed by atoms with Gasteiger partial charge in [-0.2, -0.15) is 0 Å². The second kappa shape index (κ2) is 7.76. The number of hydrogen-bond donors (Lipinski definition) is 2. The zero-order valence-electron chi connectivity index (χ0n) is 12.6. The van der Waals surface area contributed by atoms with Crippen molar-refractivity contribution < 1.29 is 8.42 Å². The number of nitrogens with two attached hydrogens (primary N) is 1. The first-order valence-corrected chi connectivity index (χ1v) is 8.70. The molecule has 0 amide bonds. The molecule has 114 valence electrons. The predicted octanol–water partition coefficient (Wildman–Crippen LogP) is 2.29. The van der Waals surface area contributed by atoms with Crippen LogP contribution in [0.1, 0.15) is 39.2 Å². The Morgan fingerprint density at radius 1 is 1.20 bits per heavy atom. The SMILES string of the molecule is CCC(C)C(C)NS(=O)(=O)c1ccc(CCCN)cc1. The fraction of sp³-hybridized carbons (Fsp3) is 0.600. The van der Waals surface area contributed by atoms with E-state index < -0.39 is 10.0 Å². The summed E-state index contributed by atoms with van der Waals surface area (Å²) in [5, 5.41) is 0. The summed E-state index contributed by atoms with van der Waals surface area (Å²) in [7, 11) is -3.43. The third kappa shape index (κ3) is 4.89. The molecule has 0 spiro atoms. The summed E-state index contributed by atoms with van der Waals surface area (Å²) in [5.41, 5.74) is 6.58. The Labute approximate surface area is 122 Å². The summed E-state index contributed by atoms with van der Waals surface area (Å²) in [6.45, 7) is 6.65. The first-order chi connectivity index (χ1) is 9.40. The van der Waals surface area contributed by atoms with Gasteiger partial charge in [0, 0.05) is 6.04 Å². The van der Waals surface area contributed by atoms with Crippen LogP contribution in [0.3, 0.4) is 0 Å². The van der Waals surface area contributed by atoms with Gasteiger partial charge in [-0.15, -0.1) is 0 Å². The molecule has 1 rings (SSSR count). The Balaban J connectivity index is 2.77. The Morgan fingerprint density at radius 2 is 1.80 bits per heavy atom. The van der Waals surface area contributed by atoms with Crippen molar-refractivity contribution in [1.82, 2.24) is 4.72 Å². The van der Waals surface area contributed by atoms with Crippen LogP contribution in [0.25, 0.3) is 0 Å². The average Bonchev–Trinajstić information content (AvgIpc) is 2.44. The molecular formula is C15H26N2O2S. The predicted molar refractivity (Wildman–Crippen MR) is 83.1 cm³/mol. The van der Waals surface area contributed by atoms with E-state index in [4.69, 9.17) is 5.73 Å². The van der Waals surface area contributed by atoms with Gasteiger partial charge < -0.3 is 5.73 Å². The summed E-state index contributed by atoms with van der Waals surface area (Å²) >= 11 is 0. The van der Waals surface area contributed by atoms with Crippen molar-refractivity contribution >= 4 is 10.0 Å². The first kappa shape index (κ1) is 17.1. The monoisotopic (exact) mass is 298 g/mol. The van der Waals surface area contributed by atoms with Gasteiger partial charge in [-0.3, -0.25) is 0 Å². The summed E-state index contributed by atoms with van der Waals surface area (Å²) < 4.78 is 27.3. The number of hydrogen-bond acceptors (Lipinski definition) is 3. The molecule has 0 aliphatic rings. The van der Waals surface area contributed by atoms with Gasteiger partial charge in [-0.05, 0) is 49.9 Å². The molecule has 5 heteroatoms. The van der Waals surface area contributed by atoms with E-state index in [-0.39, 0.29) is 6.04 Å². The molecule has 2 unspecified atom stereocenters. The molecule has 0 aliphatic heterocycles. The van der Waals surface area contributed by atoms with Crippen LogP contribution in [-0.2, 0) is 16.4 Å². The van der Waals surface area contributed by atoms with E-state index in [9.17, 15) is 8.42 Å². The maximum absolute atomic E-state index is 12.3. The molecular weight excluding hydrogens is 272 g/mol. The van der Waals surface area contributed by atoms with Crippen LogP contribution in [0.5, 0.6) is 0 Å². The molecule has 0 heterocycles. The molecule has 1 aromatic rings. The van der Waals surface area contributed by atoms with E-state index in [1.165, 1.54) is 0 Å². The highest BCUT2D eigenvalue weighted by Crippen LogP contribution is 2.15. The van der Waals surface area contributed by atoms with E-state index >= 15 is 0 Å². The van der Waals surface area contributed by atoms with Gasteiger partial charge in [0.25, 0.3) is 0 Å². The largest absolute Gasteiger partial charge is 0.330 e. The van der Waals surface area contributed by atoms with Crippen LogP contribution in [0.4, 0.5) is 0 Å². The van der Waals surface area contributed by atoms with Crippen LogP contribution >= 0.6 is 0 Å². The average molecular weight is 298 g/mol. The maximum Gasteiger partial charge on any atom is 0.240 e. The van der Waals surface area contributed by atoms with Gasteiger partial charge in [0.2, 0.25) is 10.0 Å². The molecule has 20 heavy (non-hydrogen) atoms. The molecule has 3 N–H and O–H groups in total. The summed E-state index contributed by atoms with van der Waals surface area (Å²) in [4.78, 5) is 0.323. The lowest BCUT2D eigenvalue weighted by Gasteiger charge is -2.19. The van der Waals surface area contributed by atoms with Crippen LogP contribution in [0.15, 0.2) is 29.2 Å². The minimum atomic E-state index is -3.43. The standard InChI is InChI=1S/C15H26N2O2S/c1-4-12(2)13(3)17-20(18,19)15-9-7-14(8-10-15)6-5-11-16/h7-10,12-13,17H,4-6,11,16H2,1-3H3. The third-order valence-electron chi connectivity index (χ3n) is 3.74. The topological polar surface area (TPSA) is 72.2 Å². The van der Waals surface area contributed by atoms with Crippen molar-refractivity contribution in [3.8, 4) is 0 Å². The quantitative estimate of drug-likeness (QED) is 0.773. The van der Waals surface area contributed by atoms with Gasteiger partial charge in [0.05, 0.1) is 4.90 Å². The van der Waals surface area contributed by atoms with Crippen LogP contribution in [0.2, 0.25) is 0 Å². The Bertz CT molecular complexity index is 497. The van der Waals surface area contributed by atoms with E-state index in [0.717, 1.165) is 24.8 Å². The van der Waals surface area contributed by atoms with E-state index in [2.05, 4.69) is 11.6 Å². The Kier molecular flexibility index (Phi) is 6.65. The molecule has 0 bridgehead atoms. The summed E-state index contributed by atoms with van der Waals surface area (Å²) in [5.74, 6) is 0.314. The first-order valence-electron chi connectivity index (χ1n) is 7.22. The summed E-state index contributed by atoms with van der Waals surface area (Å²) in [6, 6.07) is 6.98. The van der Waals surface area contributed by atoms with Crippen molar-refractivity contribution in [3.63, 3.8) is 0 Å². The summed E-state index contributed by atoms with van der Waals surface area (Å²) in [6.07, 6.45) is 2.74. The van der Waals surface area contributed by atoms with Crippen molar-refractivity contribution in [1.29, 1.82) is 0 Å². The van der Waals surface area contributed by atoms with E-state index in [0.29, 0.717) is 17.4 Å². The normalized spacial score (nSPS) is 15.0. The van der Waals surface area contributed by atoms with Crippen molar-refractivity contribution in [2.24, 2.45) is 11.7 Å². The number of rotatable bonds is 8. The highest BCUT2D eigenvalue weighted by Gasteiger charge is 2.20. The van der Waals surface area contributed by atoms with Gasteiger partial charge >= 0.3 is 0 Å². The minimum absolute atomic E-state index is 0.0677. The molecule has 4 nitrogen and oxygen atoms in total. The zero-order chi connectivity index (χ0) is 15.2. The molecule has 0 fully saturated rings. The number of nitrogens with one attached hydrogen (secondary N) is 1. The van der Waals surface area contributed by atoms with Crippen molar-refractivity contribution in [3.05, 3.63) is 29.8 Å². The highest BCUT2D eigenvalue weighted by molar-refractivity contribution is 7.89. The molecule has 1 aromatic carbocycles. The van der Waals surface area contributed by atoms with Crippen molar-refractivity contribution in [2.45, 2.75) is 51.0 Å². The highest BCUT2D eigenvalue weighted by atomic mass is 32.2. The molecule has 0 saturated heterocycles. The van der Waals surface area contributed by atoms with Gasteiger partial charge in [-0.1, -0.05) is 32.4 Å². The molecule has 0 aliphatic carbocycles. The number of aryl methyl sites for hydroxylation is 1. The Hall–Kier alpha value is -0.910. The molecule has 0 saturated carbocycles. The van der Waals surface area contributed by atoms with Crippen LogP contribution < -0.4 is 10.5 Å². The van der Waals surface area contributed by atoms with Crippen molar-refractivity contribution in [2.75, 3.05) is 6.54 Å². The van der Waals surface area contributed by atoms with Gasteiger partial charge in [0.15, 0.2) is 0 Å². The van der Waals surface area contributed by atoms with Gasteiger partial charge in [0.1, 0.15) is 0 Å². The lowest BCUT2D eigenvalue weighted by Crippen LogP contribution is -2.36. The smallest absolute Gasteiger partial charge is 0.240 e. The lowest BCUT2D eigenvalue weighted by atomic mass is 10.0. The molecule has 2 atom stereocenters. The van der Waals surface area contributed by atoms with Crippen LogP contribution in [0, 0.1) is 5.92 Å². The van der Waals surface area contributed by atoms with E-state index in [1.54, 1.807) is 12.1 Å². The zero-order valence-corrected chi connectivity index (χ0v) is 13.4. The third-order valence-corrected chi connectivity index (χ3v) is 5.32.